The van der Waals surface area contributed by atoms with E-state index in [0.29, 0.717) is 31.5 Å². The zero-order valence-electron chi connectivity index (χ0n) is 14.2. The van der Waals surface area contributed by atoms with Crippen LogP contribution in [0.5, 0.6) is 0 Å². The molecule has 5 rings (SSSR count). The van der Waals surface area contributed by atoms with E-state index in [1.165, 1.54) is 4.90 Å². The molecule has 2 saturated heterocycles. The Labute approximate surface area is 150 Å². The number of amides is 3. The van der Waals surface area contributed by atoms with Crippen molar-refractivity contribution in [3.63, 3.8) is 0 Å². The van der Waals surface area contributed by atoms with Crippen molar-refractivity contribution in [1.82, 2.24) is 14.8 Å². The average molecular weight is 349 g/mol. The van der Waals surface area contributed by atoms with Gasteiger partial charge >= 0.3 is 0 Å². The van der Waals surface area contributed by atoms with E-state index in [9.17, 15) is 14.4 Å². The molecular weight excluding hydrogens is 330 g/mol. The molecule has 1 N–H and O–H groups in total. The van der Waals surface area contributed by atoms with E-state index in [4.69, 9.17) is 0 Å². The van der Waals surface area contributed by atoms with Crippen molar-refractivity contribution in [3.05, 3.63) is 48.2 Å². The first-order valence-electron chi connectivity index (χ1n) is 9.02. The molecule has 2 aromatic rings. The molecule has 1 aromatic heterocycles. The van der Waals surface area contributed by atoms with Crippen LogP contribution in [-0.4, -0.2) is 51.6 Å². The number of imide groups is 1. The maximum Gasteiger partial charge on any atom is 0.256 e. The van der Waals surface area contributed by atoms with Crippen LogP contribution < -0.4 is 0 Å². The zero-order valence-corrected chi connectivity index (χ0v) is 14.2. The van der Waals surface area contributed by atoms with Crippen molar-refractivity contribution in [2.45, 2.75) is 18.9 Å². The molecule has 2 unspecified atom stereocenters. The van der Waals surface area contributed by atoms with Gasteiger partial charge in [0.1, 0.15) is 0 Å². The van der Waals surface area contributed by atoms with Gasteiger partial charge in [-0.25, -0.2) is 0 Å². The Balaban J connectivity index is 1.31. The number of rotatable bonds is 2. The molecule has 3 amide bonds. The fraction of sp³-hybridized carbons (Fsp3) is 0.350. The Morgan fingerprint density at radius 3 is 2.35 bits per heavy atom. The number of aromatic amines is 1. The van der Waals surface area contributed by atoms with E-state index >= 15 is 0 Å². The molecule has 0 saturated carbocycles. The van der Waals surface area contributed by atoms with Gasteiger partial charge in [-0.2, -0.15) is 0 Å². The van der Waals surface area contributed by atoms with Crippen molar-refractivity contribution >= 4 is 28.6 Å². The molecule has 0 spiro atoms. The molecule has 6 nitrogen and oxygen atoms in total. The molecule has 1 aromatic carbocycles. The molecule has 6 heteroatoms. The van der Waals surface area contributed by atoms with E-state index in [1.54, 1.807) is 11.1 Å². The molecule has 1 aliphatic carbocycles. The van der Waals surface area contributed by atoms with Crippen LogP contribution in [0.25, 0.3) is 10.9 Å². The standard InChI is InChI=1S/C20H19N3O3/c24-18(16-9-21-17-8-4-3-5-13(16)17)22-10-12(11-22)23-19(25)14-6-1-2-7-15(14)20(23)26/h1-5,8-9,12,14-15,21H,6-7,10-11H2. The number of carbonyl (C=O) groups is 3. The van der Waals surface area contributed by atoms with Crippen LogP contribution in [0.4, 0.5) is 0 Å². The summed E-state index contributed by atoms with van der Waals surface area (Å²) in [5, 5.41) is 0.895. The number of para-hydroxylation sites is 1. The number of nitrogens with one attached hydrogen (secondary N) is 1. The third-order valence-electron chi connectivity index (χ3n) is 5.88. The van der Waals surface area contributed by atoms with E-state index in [-0.39, 0.29) is 35.6 Å². The predicted octanol–water partition coefficient (Wildman–Crippen LogP) is 1.94. The molecule has 132 valence electrons. The van der Waals surface area contributed by atoms with Gasteiger partial charge in [0.15, 0.2) is 0 Å². The lowest BCUT2D eigenvalue weighted by Gasteiger charge is -2.43. The zero-order chi connectivity index (χ0) is 17.8. The smallest absolute Gasteiger partial charge is 0.256 e. The highest BCUT2D eigenvalue weighted by molar-refractivity contribution is 6.08. The first-order valence-corrected chi connectivity index (χ1v) is 9.02. The van der Waals surface area contributed by atoms with Gasteiger partial charge < -0.3 is 9.88 Å². The summed E-state index contributed by atoms with van der Waals surface area (Å²) in [5.74, 6) is -0.587. The second kappa shape index (κ2) is 5.56. The highest BCUT2D eigenvalue weighted by Crippen LogP contribution is 2.37. The monoisotopic (exact) mass is 349 g/mol. The fourth-order valence-electron chi connectivity index (χ4n) is 4.39. The Kier molecular flexibility index (Phi) is 3.29. The van der Waals surface area contributed by atoms with Gasteiger partial charge in [-0.3, -0.25) is 19.3 Å². The number of allylic oxidation sites excluding steroid dienone is 2. The van der Waals surface area contributed by atoms with Gasteiger partial charge in [0.25, 0.3) is 5.91 Å². The molecule has 0 bridgehead atoms. The van der Waals surface area contributed by atoms with Gasteiger partial charge in [0.05, 0.1) is 23.4 Å². The number of fused-ring (bicyclic) bond motifs is 2. The molecule has 3 heterocycles. The second-order valence-corrected chi connectivity index (χ2v) is 7.31. The van der Waals surface area contributed by atoms with Crippen molar-refractivity contribution in [3.8, 4) is 0 Å². The number of nitrogens with zero attached hydrogens (tertiary/aromatic N) is 2. The molecule has 26 heavy (non-hydrogen) atoms. The molecule has 2 aliphatic heterocycles. The first kappa shape index (κ1) is 15.4. The van der Waals surface area contributed by atoms with Crippen LogP contribution in [0.3, 0.4) is 0 Å². The molecule has 2 atom stereocenters. The number of benzene rings is 1. The third kappa shape index (κ3) is 2.08. The van der Waals surface area contributed by atoms with Crippen LogP contribution >= 0.6 is 0 Å². The molecular formula is C20H19N3O3. The van der Waals surface area contributed by atoms with E-state index in [0.717, 1.165) is 10.9 Å². The quantitative estimate of drug-likeness (QED) is 0.665. The van der Waals surface area contributed by atoms with Crippen molar-refractivity contribution < 1.29 is 14.4 Å². The normalized spacial score (nSPS) is 25.7. The summed E-state index contributed by atoms with van der Waals surface area (Å²) < 4.78 is 0. The lowest BCUT2D eigenvalue weighted by Crippen LogP contribution is -2.62. The summed E-state index contributed by atoms with van der Waals surface area (Å²) in [4.78, 5) is 44.3. The lowest BCUT2D eigenvalue weighted by atomic mass is 9.85. The number of hydrogen-bond acceptors (Lipinski definition) is 3. The van der Waals surface area contributed by atoms with Gasteiger partial charge in [-0.1, -0.05) is 30.4 Å². The summed E-state index contributed by atoms with van der Waals surface area (Å²) in [6.45, 7) is 0.839. The SMILES string of the molecule is O=C(c1c[nH]c2ccccc12)N1CC(N2C(=O)C3CC=CCC3C2=O)C1. The van der Waals surface area contributed by atoms with Crippen molar-refractivity contribution in [2.24, 2.45) is 11.8 Å². The van der Waals surface area contributed by atoms with Crippen LogP contribution in [-0.2, 0) is 9.59 Å². The van der Waals surface area contributed by atoms with Crippen LogP contribution in [0, 0.1) is 11.8 Å². The maximum absolute atomic E-state index is 12.8. The Bertz CT molecular complexity index is 928. The summed E-state index contributed by atoms with van der Waals surface area (Å²) in [5.41, 5.74) is 1.56. The average Bonchev–Trinajstić information content (AvgIpc) is 3.16. The van der Waals surface area contributed by atoms with Crippen LogP contribution in [0.1, 0.15) is 23.2 Å². The van der Waals surface area contributed by atoms with E-state index in [2.05, 4.69) is 4.98 Å². The highest BCUT2D eigenvalue weighted by atomic mass is 16.2. The number of H-pyrrole nitrogens is 1. The summed E-state index contributed by atoms with van der Waals surface area (Å²) in [6, 6.07) is 7.49. The van der Waals surface area contributed by atoms with Gasteiger partial charge in [0, 0.05) is 30.2 Å². The largest absolute Gasteiger partial charge is 0.360 e. The Hall–Kier alpha value is -2.89. The predicted molar refractivity (Wildman–Crippen MR) is 95.2 cm³/mol. The number of likely N-dealkylation sites (tertiary alicyclic amines) is 2. The van der Waals surface area contributed by atoms with Gasteiger partial charge in [-0.15, -0.1) is 0 Å². The van der Waals surface area contributed by atoms with E-state index in [1.807, 2.05) is 36.4 Å². The topological polar surface area (TPSA) is 73.5 Å². The van der Waals surface area contributed by atoms with Crippen LogP contribution in [0.2, 0.25) is 0 Å². The maximum atomic E-state index is 12.8. The number of aromatic nitrogens is 1. The minimum atomic E-state index is -0.203. The summed E-state index contributed by atoms with van der Waals surface area (Å²) in [6.07, 6.45) is 7.01. The molecule has 2 fully saturated rings. The van der Waals surface area contributed by atoms with Gasteiger partial charge in [-0.05, 0) is 18.9 Å². The minimum absolute atomic E-state index is 0.0584. The lowest BCUT2D eigenvalue weighted by molar-refractivity contribution is -0.145. The Morgan fingerprint density at radius 1 is 1.00 bits per heavy atom. The Morgan fingerprint density at radius 2 is 1.65 bits per heavy atom. The third-order valence-corrected chi connectivity index (χ3v) is 5.88. The summed E-state index contributed by atoms with van der Waals surface area (Å²) in [7, 11) is 0. The van der Waals surface area contributed by atoms with E-state index < -0.39 is 0 Å². The van der Waals surface area contributed by atoms with Crippen LogP contribution in [0.15, 0.2) is 42.6 Å². The minimum Gasteiger partial charge on any atom is -0.360 e. The fourth-order valence-corrected chi connectivity index (χ4v) is 4.39. The highest BCUT2D eigenvalue weighted by Gasteiger charge is 2.52. The molecule has 3 aliphatic rings. The van der Waals surface area contributed by atoms with Crippen molar-refractivity contribution in [1.29, 1.82) is 0 Å². The first-order chi connectivity index (χ1) is 12.6. The summed E-state index contributed by atoms with van der Waals surface area (Å²) >= 11 is 0. The second-order valence-electron chi connectivity index (χ2n) is 7.31. The molecule has 0 radical (unpaired) electrons. The number of hydrogen-bond donors (Lipinski definition) is 1. The van der Waals surface area contributed by atoms with Gasteiger partial charge in [0.2, 0.25) is 11.8 Å². The number of carbonyl (C=O) groups excluding carboxylic acids is 3. The van der Waals surface area contributed by atoms with Crippen molar-refractivity contribution in [2.75, 3.05) is 13.1 Å².